The molecule has 2 saturated heterocycles. The molecule has 2 aliphatic heterocycles. The maximum atomic E-state index is 13.1. The first-order valence-corrected chi connectivity index (χ1v) is 9.49. The van der Waals surface area contributed by atoms with E-state index in [2.05, 4.69) is 5.32 Å². The molecule has 0 amide bonds. The minimum absolute atomic E-state index is 0. The summed E-state index contributed by atoms with van der Waals surface area (Å²) in [7, 11) is -3.64. The lowest BCUT2D eigenvalue weighted by Crippen LogP contribution is -2.43. The summed E-state index contributed by atoms with van der Waals surface area (Å²) in [5.74, 6) is 0.00704. The lowest BCUT2D eigenvalue weighted by atomic mass is 9.89. The molecular formula is C15H21Cl2FN2O2S. The molecule has 3 rings (SSSR count). The molecule has 1 N–H and O–H groups in total. The average Bonchev–Trinajstić information content (AvgIpc) is 3.01. The normalized spacial score (nSPS) is 23.7. The van der Waals surface area contributed by atoms with Crippen molar-refractivity contribution in [3.8, 4) is 0 Å². The van der Waals surface area contributed by atoms with Gasteiger partial charge in [-0.05, 0) is 56.3 Å². The molecule has 1 unspecified atom stereocenters. The zero-order valence-corrected chi connectivity index (χ0v) is 15.1. The van der Waals surface area contributed by atoms with Gasteiger partial charge >= 0.3 is 0 Å². The summed E-state index contributed by atoms with van der Waals surface area (Å²) in [5, 5.41) is 3.44. The number of benzene rings is 1. The summed E-state index contributed by atoms with van der Waals surface area (Å²) < 4.78 is 39.9. The van der Waals surface area contributed by atoms with E-state index in [4.69, 9.17) is 11.6 Å². The summed E-state index contributed by atoms with van der Waals surface area (Å²) in [6, 6.07) is 3.95. The van der Waals surface area contributed by atoms with Crippen molar-refractivity contribution in [3.63, 3.8) is 0 Å². The molecule has 0 radical (unpaired) electrons. The highest BCUT2D eigenvalue weighted by Gasteiger charge is 2.34. The van der Waals surface area contributed by atoms with Crippen LogP contribution < -0.4 is 5.32 Å². The first-order chi connectivity index (χ1) is 10.5. The van der Waals surface area contributed by atoms with Crippen LogP contribution in [0.2, 0.25) is 5.02 Å². The lowest BCUT2D eigenvalue weighted by molar-refractivity contribution is 0.234. The van der Waals surface area contributed by atoms with Crippen LogP contribution >= 0.6 is 24.0 Å². The number of halogens is 3. The van der Waals surface area contributed by atoms with Crippen molar-refractivity contribution in [2.45, 2.75) is 36.6 Å². The van der Waals surface area contributed by atoms with Crippen molar-refractivity contribution < 1.29 is 12.8 Å². The molecular weight excluding hydrogens is 362 g/mol. The van der Waals surface area contributed by atoms with E-state index in [0.717, 1.165) is 31.5 Å². The second kappa shape index (κ2) is 7.66. The fraction of sp³-hybridized carbons (Fsp3) is 0.600. The molecule has 2 heterocycles. The van der Waals surface area contributed by atoms with Crippen LogP contribution in [0.4, 0.5) is 4.39 Å². The molecule has 130 valence electrons. The lowest BCUT2D eigenvalue weighted by Gasteiger charge is -2.34. The summed E-state index contributed by atoms with van der Waals surface area (Å²) in [5.41, 5.74) is 0. The van der Waals surface area contributed by atoms with Crippen LogP contribution in [0.15, 0.2) is 23.1 Å². The van der Waals surface area contributed by atoms with E-state index >= 15 is 0 Å². The molecule has 2 aliphatic rings. The van der Waals surface area contributed by atoms with Gasteiger partial charge in [0, 0.05) is 19.1 Å². The van der Waals surface area contributed by atoms with E-state index in [-0.39, 0.29) is 22.3 Å². The van der Waals surface area contributed by atoms with Crippen molar-refractivity contribution in [1.82, 2.24) is 9.62 Å². The zero-order chi connectivity index (χ0) is 15.7. The molecule has 0 saturated carbocycles. The van der Waals surface area contributed by atoms with E-state index < -0.39 is 15.8 Å². The first-order valence-electron chi connectivity index (χ1n) is 7.67. The van der Waals surface area contributed by atoms with Crippen LogP contribution in [0.25, 0.3) is 0 Å². The highest BCUT2D eigenvalue weighted by atomic mass is 35.5. The van der Waals surface area contributed by atoms with Gasteiger partial charge in [-0.3, -0.25) is 0 Å². The predicted octanol–water partition coefficient (Wildman–Crippen LogP) is 3.05. The van der Waals surface area contributed by atoms with Crippen LogP contribution in [0.5, 0.6) is 0 Å². The highest BCUT2D eigenvalue weighted by Crippen LogP contribution is 2.31. The number of nitrogens with one attached hydrogen (secondary N) is 1. The second-order valence-electron chi connectivity index (χ2n) is 6.02. The summed E-state index contributed by atoms with van der Waals surface area (Å²) in [6.45, 7) is 2.06. The van der Waals surface area contributed by atoms with Crippen molar-refractivity contribution >= 4 is 34.0 Å². The first kappa shape index (κ1) is 18.9. The van der Waals surface area contributed by atoms with Crippen LogP contribution in [-0.2, 0) is 10.0 Å². The monoisotopic (exact) mass is 382 g/mol. The minimum Gasteiger partial charge on any atom is -0.314 e. The summed E-state index contributed by atoms with van der Waals surface area (Å²) in [6.07, 6.45) is 4.10. The van der Waals surface area contributed by atoms with Crippen LogP contribution in [0, 0.1) is 11.7 Å². The Morgan fingerprint density at radius 1 is 1.22 bits per heavy atom. The van der Waals surface area contributed by atoms with E-state index in [0.29, 0.717) is 25.0 Å². The molecule has 8 heteroatoms. The van der Waals surface area contributed by atoms with Gasteiger partial charge in [-0.2, -0.15) is 4.31 Å². The third kappa shape index (κ3) is 3.99. The Kier molecular flexibility index (Phi) is 6.30. The third-order valence-corrected chi connectivity index (χ3v) is 7.06. The van der Waals surface area contributed by atoms with Crippen LogP contribution in [0.3, 0.4) is 0 Å². The zero-order valence-electron chi connectivity index (χ0n) is 12.7. The van der Waals surface area contributed by atoms with Crippen molar-refractivity contribution in [2.24, 2.45) is 5.92 Å². The van der Waals surface area contributed by atoms with Gasteiger partial charge in [0.2, 0.25) is 10.0 Å². The van der Waals surface area contributed by atoms with Gasteiger partial charge in [0.25, 0.3) is 0 Å². The number of sulfonamides is 1. The molecule has 0 aliphatic carbocycles. The largest absolute Gasteiger partial charge is 0.314 e. The molecule has 1 atom stereocenters. The third-order valence-electron chi connectivity index (χ3n) is 4.68. The maximum Gasteiger partial charge on any atom is 0.244 e. The number of rotatable bonds is 3. The fourth-order valence-corrected chi connectivity index (χ4v) is 5.43. The molecule has 1 aromatic carbocycles. The molecule has 4 nitrogen and oxygen atoms in total. The van der Waals surface area contributed by atoms with Crippen molar-refractivity contribution in [2.75, 3.05) is 19.6 Å². The number of nitrogens with zero attached hydrogens (tertiary/aromatic N) is 1. The number of piperidine rings is 1. The molecule has 0 bridgehead atoms. The van der Waals surface area contributed by atoms with E-state index in [1.807, 2.05) is 0 Å². The van der Waals surface area contributed by atoms with Gasteiger partial charge in [0.15, 0.2) is 0 Å². The highest BCUT2D eigenvalue weighted by molar-refractivity contribution is 7.89. The van der Waals surface area contributed by atoms with Gasteiger partial charge < -0.3 is 5.32 Å². The number of hydrogen-bond donors (Lipinski definition) is 1. The Morgan fingerprint density at radius 3 is 2.48 bits per heavy atom. The van der Waals surface area contributed by atoms with E-state index in [9.17, 15) is 12.8 Å². The van der Waals surface area contributed by atoms with Crippen molar-refractivity contribution in [3.05, 3.63) is 29.0 Å². The molecule has 0 aromatic heterocycles. The maximum absolute atomic E-state index is 13.1. The Hall–Kier alpha value is -0.400. The Balaban J connectivity index is 0.00000192. The Morgan fingerprint density at radius 2 is 1.91 bits per heavy atom. The topological polar surface area (TPSA) is 49.4 Å². The van der Waals surface area contributed by atoms with Crippen LogP contribution in [-0.4, -0.2) is 38.4 Å². The molecule has 2 fully saturated rings. The standard InChI is InChI=1S/C15H20ClFN2O2S.ClH/c16-13-10-12(17)3-4-15(13)22(20,21)19-8-5-11(6-9-19)14-2-1-7-18-14;/h3-4,10-11,14,18H,1-2,5-9H2;1H. The Labute approximate surface area is 147 Å². The van der Waals surface area contributed by atoms with Gasteiger partial charge in [-0.15, -0.1) is 12.4 Å². The Bertz CT molecular complexity index is 643. The summed E-state index contributed by atoms with van der Waals surface area (Å²) in [4.78, 5) is -0.00647. The van der Waals surface area contributed by atoms with Gasteiger partial charge in [-0.25, -0.2) is 12.8 Å². The van der Waals surface area contributed by atoms with Gasteiger partial charge in [0.05, 0.1) is 5.02 Å². The smallest absolute Gasteiger partial charge is 0.244 e. The quantitative estimate of drug-likeness (QED) is 0.873. The van der Waals surface area contributed by atoms with E-state index in [1.165, 1.54) is 23.2 Å². The summed E-state index contributed by atoms with van der Waals surface area (Å²) >= 11 is 5.91. The average molecular weight is 383 g/mol. The minimum atomic E-state index is -3.64. The molecule has 1 aromatic rings. The van der Waals surface area contributed by atoms with E-state index in [1.54, 1.807) is 0 Å². The van der Waals surface area contributed by atoms with Gasteiger partial charge in [-0.1, -0.05) is 11.6 Å². The van der Waals surface area contributed by atoms with Crippen LogP contribution in [0.1, 0.15) is 25.7 Å². The second-order valence-corrected chi connectivity index (χ2v) is 8.33. The molecule has 23 heavy (non-hydrogen) atoms. The predicted molar refractivity (Wildman–Crippen MR) is 91.2 cm³/mol. The van der Waals surface area contributed by atoms with Gasteiger partial charge in [0.1, 0.15) is 10.7 Å². The van der Waals surface area contributed by atoms with Crippen molar-refractivity contribution in [1.29, 1.82) is 0 Å². The molecule has 0 spiro atoms. The fourth-order valence-electron chi connectivity index (χ4n) is 3.46. The number of hydrogen-bond acceptors (Lipinski definition) is 3. The SMILES string of the molecule is Cl.O=S(=O)(c1ccc(F)cc1Cl)N1CCC(C2CCCN2)CC1.